The third kappa shape index (κ3) is 2.70. The Hall–Kier alpha value is -1.06. The number of fused-ring (bicyclic) bond motifs is 1. The van der Waals surface area contributed by atoms with Gasteiger partial charge in [-0.05, 0) is 24.1 Å². The van der Waals surface area contributed by atoms with E-state index in [4.69, 9.17) is 16.3 Å². The second-order valence-corrected chi connectivity index (χ2v) is 6.14. The van der Waals surface area contributed by atoms with Crippen LogP contribution in [0, 0.1) is 5.92 Å². The third-order valence-electron chi connectivity index (χ3n) is 4.32. The van der Waals surface area contributed by atoms with Gasteiger partial charge in [-0.25, -0.2) is 0 Å². The summed E-state index contributed by atoms with van der Waals surface area (Å²) in [5.41, 5.74) is 2.38. The van der Waals surface area contributed by atoms with E-state index in [1.807, 2.05) is 12.1 Å². The largest absolute Gasteiger partial charge is 0.493 e. The van der Waals surface area contributed by atoms with E-state index in [9.17, 15) is 4.79 Å². The van der Waals surface area contributed by atoms with Crippen molar-refractivity contribution in [3.63, 3.8) is 0 Å². The summed E-state index contributed by atoms with van der Waals surface area (Å²) in [7, 11) is 0. The fourth-order valence-electron chi connectivity index (χ4n) is 3.18. The lowest BCUT2D eigenvalue weighted by atomic mass is 9.93. The second-order valence-electron chi connectivity index (χ2n) is 5.71. The Bertz CT molecular complexity index is 529. The van der Waals surface area contributed by atoms with Crippen molar-refractivity contribution in [2.75, 3.05) is 19.7 Å². The topological polar surface area (TPSA) is 29.5 Å². The Kier molecular flexibility index (Phi) is 3.99. The minimum absolute atomic E-state index is 0.192. The number of hydrogen-bond acceptors (Lipinski definition) is 3. The average Bonchev–Trinajstić information content (AvgIpc) is 2.89. The van der Waals surface area contributed by atoms with Crippen molar-refractivity contribution in [3.8, 4) is 5.75 Å². The zero-order valence-electron chi connectivity index (χ0n) is 11.8. The van der Waals surface area contributed by atoms with Gasteiger partial charge in [-0.2, -0.15) is 0 Å². The predicted octanol–water partition coefficient (Wildman–Crippen LogP) is 3.08. The molecule has 1 atom stereocenters. The number of nitrogens with zero attached hydrogens (tertiary/aromatic N) is 1. The van der Waals surface area contributed by atoms with Crippen LogP contribution in [0.4, 0.5) is 0 Å². The van der Waals surface area contributed by atoms with Crippen LogP contribution in [0.5, 0.6) is 5.75 Å². The molecule has 3 rings (SSSR count). The predicted molar refractivity (Wildman–Crippen MR) is 79.3 cm³/mol. The normalized spacial score (nSPS) is 22.7. The molecule has 108 valence electrons. The molecule has 1 saturated heterocycles. The number of carbonyl (C=O) groups is 1. The van der Waals surface area contributed by atoms with Crippen LogP contribution in [-0.4, -0.2) is 30.4 Å². The molecule has 0 aliphatic carbocycles. The summed E-state index contributed by atoms with van der Waals surface area (Å²) < 4.78 is 5.75. The number of halogens is 1. The number of rotatable bonds is 3. The molecule has 2 aliphatic rings. The number of ether oxygens (including phenoxy) is 1. The Morgan fingerprint density at radius 1 is 1.40 bits per heavy atom. The molecule has 4 heteroatoms. The van der Waals surface area contributed by atoms with Crippen LogP contribution in [0.1, 0.15) is 30.9 Å². The van der Waals surface area contributed by atoms with Crippen LogP contribution in [0.15, 0.2) is 12.1 Å². The highest BCUT2D eigenvalue weighted by Crippen LogP contribution is 2.34. The quantitative estimate of drug-likeness (QED) is 0.858. The van der Waals surface area contributed by atoms with Gasteiger partial charge in [0, 0.05) is 49.0 Å². The molecule has 0 aromatic heterocycles. The number of ketones is 1. The summed E-state index contributed by atoms with van der Waals surface area (Å²) in [6, 6.07) is 4.01. The van der Waals surface area contributed by atoms with E-state index in [1.165, 1.54) is 5.56 Å². The zero-order valence-corrected chi connectivity index (χ0v) is 12.6. The van der Waals surface area contributed by atoms with Crippen LogP contribution < -0.4 is 4.74 Å². The summed E-state index contributed by atoms with van der Waals surface area (Å²) in [5, 5.41) is 0.782. The highest BCUT2D eigenvalue weighted by Gasteiger charge is 2.27. The summed E-state index contributed by atoms with van der Waals surface area (Å²) in [6.45, 7) is 5.37. The molecule has 0 saturated carbocycles. The highest BCUT2D eigenvalue weighted by atomic mass is 35.5. The Morgan fingerprint density at radius 2 is 2.25 bits per heavy atom. The van der Waals surface area contributed by atoms with Crippen LogP contribution in [-0.2, 0) is 17.8 Å². The highest BCUT2D eigenvalue weighted by molar-refractivity contribution is 6.30. The van der Waals surface area contributed by atoms with Crippen molar-refractivity contribution in [2.24, 2.45) is 5.92 Å². The lowest BCUT2D eigenvalue weighted by molar-refractivity contribution is -0.126. The molecule has 0 bridgehead atoms. The van der Waals surface area contributed by atoms with Crippen molar-refractivity contribution in [3.05, 3.63) is 28.3 Å². The molecule has 0 spiro atoms. The summed E-state index contributed by atoms with van der Waals surface area (Å²) in [4.78, 5) is 14.1. The summed E-state index contributed by atoms with van der Waals surface area (Å²) in [5.74, 6) is 1.62. The number of likely N-dealkylation sites (tertiary alicyclic amines) is 1. The van der Waals surface area contributed by atoms with Crippen molar-refractivity contribution in [1.29, 1.82) is 0 Å². The fraction of sp³-hybridized carbons (Fsp3) is 0.562. The van der Waals surface area contributed by atoms with Gasteiger partial charge in [-0.1, -0.05) is 18.5 Å². The minimum atomic E-state index is 0.192. The number of hydrogen-bond donors (Lipinski definition) is 0. The monoisotopic (exact) mass is 293 g/mol. The second kappa shape index (κ2) is 5.74. The standard InChI is InChI=1S/C16H20ClNO2/c1-2-11-9-18(5-3-15(11)19)10-13-8-14(17)7-12-4-6-20-16(12)13/h7-8,11H,2-6,9-10H2,1H3. The molecule has 2 heterocycles. The Labute approximate surface area is 124 Å². The molecular formula is C16H20ClNO2. The smallest absolute Gasteiger partial charge is 0.138 e. The molecule has 1 aromatic carbocycles. The first-order valence-electron chi connectivity index (χ1n) is 7.36. The van der Waals surface area contributed by atoms with Crippen LogP contribution in [0.3, 0.4) is 0 Å². The van der Waals surface area contributed by atoms with Crippen molar-refractivity contribution in [2.45, 2.75) is 32.7 Å². The average molecular weight is 294 g/mol. The van der Waals surface area contributed by atoms with Gasteiger partial charge in [-0.3, -0.25) is 9.69 Å². The van der Waals surface area contributed by atoms with Crippen LogP contribution >= 0.6 is 11.6 Å². The van der Waals surface area contributed by atoms with Gasteiger partial charge in [0.1, 0.15) is 11.5 Å². The lowest BCUT2D eigenvalue weighted by Gasteiger charge is -2.31. The molecule has 1 unspecified atom stereocenters. The molecule has 1 aromatic rings. The van der Waals surface area contributed by atoms with Gasteiger partial charge >= 0.3 is 0 Å². The number of piperidine rings is 1. The first-order valence-corrected chi connectivity index (χ1v) is 7.74. The van der Waals surface area contributed by atoms with Crippen LogP contribution in [0.2, 0.25) is 5.02 Å². The van der Waals surface area contributed by atoms with Gasteiger partial charge in [-0.15, -0.1) is 0 Å². The maximum Gasteiger partial charge on any atom is 0.138 e. The van der Waals surface area contributed by atoms with E-state index in [0.717, 1.165) is 55.4 Å². The number of carbonyl (C=O) groups excluding carboxylic acids is 1. The first-order chi connectivity index (χ1) is 9.67. The van der Waals surface area contributed by atoms with E-state index in [0.29, 0.717) is 12.2 Å². The summed E-state index contributed by atoms with van der Waals surface area (Å²) in [6.07, 6.45) is 2.54. The van der Waals surface area contributed by atoms with Gasteiger partial charge in [0.15, 0.2) is 0 Å². The van der Waals surface area contributed by atoms with Crippen molar-refractivity contribution in [1.82, 2.24) is 4.90 Å². The molecule has 0 radical (unpaired) electrons. The molecule has 0 N–H and O–H groups in total. The number of benzene rings is 1. The van der Waals surface area contributed by atoms with Crippen molar-refractivity contribution < 1.29 is 9.53 Å². The number of Topliss-reactive ketones (excluding diaryl/α,β-unsaturated/α-hetero) is 1. The van der Waals surface area contributed by atoms with Gasteiger partial charge in [0.25, 0.3) is 0 Å². The fourth-order valence-corrected chi connectivity index (χ4v) is 3.45. The minimum Gasteiger partial charge on any atom is -0.493 e. The maximum atomic E-state index is 11.8. The molecule has 1 fully saturated rings. The third-order valence-corrected chi connectivity index (χ3v) is 4.54. The van der Waals surface area contributed by atoms with Gasteiger partial charge in [0.05, 0.1) is 6.61 Å². The van der Waals surface area contributed by atoms with E-state index in [2.05, 4.69) is 11.8 Å². The first kappa shape index (κ1) is 13.9. The molecular weight excluding hydrogens is 274 g/mol. The van der Waals surface area contributed by atoms with E-state index < -0.39 is 0 Å². The van der Waals surface area contributed by atoms with Crippen molar-refractivity contribution >= 4 is 17.4 Å². The van der Waals surface area contributed by atoms with Gasteiger partial charge in [0.2, 0.25) is 0 Å². The van der Waals surface area contributed by atoms with E-state index >= 15 is 0 Å². The SMILES string of the molecule is CCC1CN(Cc2cc(Cl)cc3c2OCC3)CCC1=O. The molecule has 2 aliphatic heterocycles. The molecule has 20 heavy (non-hydrogen) atoms. The van der Waals surface area contributed by atoms with E-state index in [-0.39, 0.29) is 5.92 Å². The van der Waals surface area contributed by atoms with Crippen LogP contribution in [0.25, 0.3) is 0 Å². The maximum absolute atomic E-state index is 11.8. The molecule has 3 nitrogen and oxygen atoms in total. The Balaban J connectivity index is 1.77. The molecule has 0 amide bonds. The van der Waals surface area contributed by atoms with Gasteiger partial charge < -0.3 is 4.74 Å². The van der Waals surface area contributed by atoms with E-state index in [1.54, 1.807) is 0 Å². The summed E-state index contributed by atoms with van der Waals surface area (Å²) >= 11 is 6.20. The lowest BCUT2D eigenvalue weighted by Crippen LogP contribution is -2.40. The Morgan fingerprint density at radius 3 is 3.05 bits per heavy atom. The zero-order chi connectivity index (χ0) is 14.1.